The summed E-state index contributed by atoms with van der Waals surface area (Å²) < 4.78 is 28.5. The Hall–Kier alpha value is -2.87. The smallest absolute Gasteiger partial charge is 0.344 e. The number of carbonyl (C=O) groups excluding carboxylic acids is 1. The number of piperazine rings is 1. The van der Waals surface area contributed by atoms with Crippen LogP contribution < -0.4 is 20.0 Å². The van der Waals surface area contributed by atoms with Gasteiger partial charge < -0.3 is 23.7 Å². The maximum absolute atomic E-state index is 13.1. The molecule has 7 nitrogen and oxygen atoms in total. The largest absolute Gasteiger partial charge is 0.475 e. The van der Waals surface area contributed by atoms with E-state index in [1.54, 1.807) is 19.1 Å². The molecule has 1 aliphatic heterocycles. The van der Waals surface area contributed by atoms with Gasteiger partial charge in [0.1, 0.15) is 18.6 Å². The maximum Gasteiger partial charge on any atom is 0.344 e. The van der Waals surface area contributed by atoms with Crippen LogP contribution in [0.15, 0.2) is 45.8 Å². The molecule has 1 N–H and O–H groups in total. The molecule has 3 rings (SSSR count). The molecule has 8 heteroatoms. The van der Waals surface area contributed by atoms with E-state index in [0.29, 0.717) is 12.3 Å². The van der Waals surface area contributed by atoms with Gasteiger partial charge in [0.15, 0.2) is 12.4 Å². The van der Waals surface area contributed by atoms with E-state index >= 15 is 0 Å². The Kier molecular flexibility index (Phi) is 6.65. The Balaban J connectivity index is 1.51. The second-order valence-corrected chi connectivity index (χ2v) is 6.56. The average molecular weight is 391 g/mol. The molecule has 0 unspecified atom stereocenters. The molecule has 0 saturated carbocycles. The molecule has 1 aromatic heterocycles. The van der Waals surface area contributed by atoms with Crippen LogP contribution in [-0.2, 0) is 16.1 Å². The summed E-state index contributed by atoms with van der Waals surface area (Å²) in [4.78, 5) is 26.9. The maximum atomic E-state index is 13.1. The van der Waals surface area contributed by atoms with Crippen molar-refractivity contribution in [2.75, 3.05) is 44.3 Å². The summed E-state index contributed by atoms with van der Waals surface area (Å²) in [6.07, 6.45) is 1.24. The predicted molar refractivity (Wildman–Crippen MR) is 100 cm³/mol. The molecule has 0 spiro atoms. The summed E-state index contributed by atoms with van der Waals surface area (Å²) in [5.41, 5.74) is 0.685. The van der Waals surface area contributed by atoms with Gasteiger partial charge in [-0.05, 0) is 31.2 Å². The Morgan fingerprint density at radius 2 is 1.96 bits per heavy atom. The van der Waals surface area contributed by atoms with Crippen molar-refractivity contribution < 1.29 is 28.0 Å². The average Bonchev–Trinajstić information content (AvgIpc) is 2.69. The number of nitrogens with one attached hydrogen (secondary N) is 1. The Labute approximate surface area is 162 Å². The van der Waals surface area contributed by atoms with Crippen molar-refractivity contribution in [2.45, 2.75) is 13.5 Å². The summed E-state index contributed by atoms with van der Waals surface area (Å²) >= 11 is 0. The molecular formula is C20H24FN2O5+. The van der Waals surface area contributed by atoms with Crippen LogP contribution in [0.2, 0.25) is 0 Å². The predicted octanol–water partition coefficient (Wildman–Crippen LogP) is 0.626. The number of rotatable bonds is 7. The number of nitrogens with zero attached hydrogens (tertiary/aromatic N) is 1. The fraction of sp³-hybridized carbons (Fsp3) is 0.400. The minimum Gasteiger partial charge on any atom is -0.475 e. The van der Waals surface area contributed by atoms with Crippen LogP contribution in [0, 0.1) is 5.82 Å². The lowest BCUT2D eigenvalue weighted by atomic mass is 10.2. The molecule has 0 aliphatic carbocycles. The van der Waals surface area contributed by atoms with E-state index in [9.17, 15) is 14.0 Å². The number of benzene rings is 1. The summed E-state index contributed by atoms with van der Waals surface area (Å²) in [5, 5.41) is 0. The standard InChI is InChI=1S/C20H23FN2O5/c1-2-26-20(25)14-28-19-13-27-17(11-18(19)24)12-22-7-9-23(10-8-22)16-5-3-15(21)4-6-16/h3-6,11,13H,2,7-10,12,14H2,1H3/p+1. The van der Waals surface area contributed by atoms with Crippen molar-refractivity contribution in [3.05, 3.63) is 58.4 Å². The van der Waals surface area contributed by atoms with E-state index in [1.165, 1.54) is 29.4 Å². The highest BCUT2D eigenvalue weighted by Gasteiger charge is 2.21. The Morgan fingerprint density at radius 1 is 1.25 bits per heavy atom. The third-order valence-corrected chi connectivity index (χ3v) is 4.59. The zero-order chi connectivity index (χ0) is 19.9. The first-order valence-corrected chi connectivity index (χ1v) is 9.29. The SMILES string of the molecule is CCOC(=O)COc1coc(C[NH+]2CCN(c3ccc(F)cc3)CC2)cc1=O. The first kappa shape index (κ1) is 19.9. The molecule has 0 bridgehead atoms. The lowest BCUT2D eigenvalue weighted by molar-refractivity contribution is -0.915. The number of esters is 1. The van der Waals surface area contributed by atoms with E-state index in [-0.39, 0.29) is 30.2 Å². The molecule has 150 valence electrons. The second kappa shape index (κ2) is 9.36. The van der Waals surface area contributed by atoms with Crippen molar-refractivity contribution in [3.8, 4) is 5.75 Å². The number of quaternary nitrogens is 1. The first-order valence-electron chi connectivity index (χ1n) is 9.29. The number of hydrogen-bond acceptors (Lipinski definition) is 6. The van der Waals surface area contributed by atoms with Gasteiger partial charge in [-0.15, -0.1) is 0 Å². The molecule has 1 saturated heterocycles. The van der Waals surface area contributed by atoms with Crippen LogP contribution in [0.3, 0.4) is 0 Å². The quantitative estimate of drug-likeness (QED) is 0.698. The van der Waals surface area contributed by atoms with Gasteiger partial charge in [0.05, 0.1) is 32.8 Å². The summed E-state index contributed by atoms with van der Waals surface area (Å²) in [6, 6.07) is 7.91. The molecule has 1 aromatic carbocycles. The second-order valence-electron chi connectivity index (χ2n) is 6.56. The minimum absolute atomic E-state index is 0.00654. The van der Waals surface area contributed by atoms with E-state index in [0.717, 1.165) is 31.9 Å². The fourth-order valence-electron chi connectivity index (χ4n) is 3.13. The summed E-state index contributed by atoms with van der Waals surface area (Å²) in [7, 11) is 0. The third kappa shape index (κ3) is 5.32. The van der Waals surface area contributed by atoms with Gasteiger partial charge in [0.2, 0.25) is 11.2 Å². The normalized spacial score (nSPS) is 14.7. The molecule has 28 heavy (non-hydrogen) atoms. The molecule has 0 atom stereocenters. The summed E-state index contributed by atoms with van der Waals surface area (Å²) in [5.74, 6) is -0.209. The van der Waals surface area contributed by atoms with Gasteiger partial charge in [-0.1, -0.05) is 0 Å². The van der Waals surface area contributed by atoms with Crippen molar-refractivity contribution in [1.82, 2.24) is 0 Å². The van der Waals surface area contributed by atoms with Crippen LogP contribution in [0.4, 0.5) is 10.1 Å². The number of anilines is 1. The zero-order valence-corrected chi connectivity index (χ0v) is 15.8. The number of ether oxygens (including phenoxy) is 2. The third-order valence-electron chi connectivity index (χ3n) is 4.59. The Bertz CT molecular complexity index is 844. The van der Waals surface area contributed by atoms with Gasteiger partial charge in [0.25, 0.3) is 0 Å². The van der Waals surface area contributed by atoms with Crippen LogP contribution in [-0.4, -0.2) is 45.4 Å². The van der Waals surface area contributed by atoms with Crippen molar-refractivity contribution in [1.29, 1.82) is 0 Å². The molecule has 2 heterocycles. The van der Waals surface area contributed by atoms with Crippen LogP contribution in [0.5, 0.6) is 5.75 Å². The first-order chi connectivity index (χ1) is 13.5. The lowest BCUT2D eigenvalue weighted by Gasteiger charge is -2.33. The molecule has 2 aromatic rings. The monoisotopic (exact) mass is 391 g/mol. The Morgan fingerprint density at radius 3 is 2.61 bits per heavy atom. The lowest BCUT2D eigenvalue weighted by Crippen LogP contribution is -3.13. The highest BCUT2D eigenvalue weighted by molar-refractivity contribution is 5.71. The highest BCUT2D eigenvalue weighted by Crippen LogP contribution is 2.14. The van der Waals surface area contributed by atoms with E-state index in [1.807, 2.05) is 0 Å². The summed E-state index contributed by atoms with van der Waals surface area (Å²) in [6.45, 7) is 5.65. The molecular weight excluding hydrogens is 367 g/mol. The van der Waals surface area contributed by atoms with Gasteiger partial charge in [-0.3, -0.25) is 4.79 Å². The molecule has 1 aliphatic rings. The molecule has 1 fully saturated rings. The zero-order valence-electron chi connectivity index (χ0n) is 15.8. The number of carbonyl (C=O) groups is 1. The highest BCUT2D eigenvalue weighted by atomic mass is 19.1. The van der Waals surface area contributed by atoms with E-state index in [4.69, 9.17) is 13.9 Å². The number of halogens is 1. The van der Waals surface area contributed by atoms with Crippen molar-refractivity contribution in [2.24, 2.45) is 0 Å². The van der Waals surface area contributed by atoms with Crippen LogP contribution in [0.1, 0.15) is 12.7 Å². The van der Waals surface area contributed by atoms with Crippen LogP contribution >= 0.6 is 0 Å². The molecule has 0 amide bonds. The van der Waals surface area contributed by atoms with Gasteiger partial charge in [-0.2, -0.15) is 0 Å². The topological polar surface area (TPSA) is 73.4 Å². The van der Waals surface area contributed by atoms with Crippen LogP contribution in [0.25, 0.3) is 0 Å². The minimum atomic E-state index is -0.533. The van der Waals surface area contributed by atoms with E-state index in [2.05, 4.69) is 4.90 Å². The van der Waals surface area contributed by atoms with Gasteiger partial charge >= 0.3 is 5.97 Å². The van der Waals surface area contributed by atoms with Crippen molar-refractivity contribution in [3.63, 3.8) is 0 Å². The van der Waals surface area contributed by atoms with Crippen molar-refractivity contribution >= 4 is 11.7 Å². The number of hydrogen-bond donors (Lipinski definition) is 1. The molecule has 0 radical (unpaired) electrons. The van der Waals surface area contributed by atoms with Gasteiger partial charge in [0, 0.05) is 11.8 Å². The van der Waals surface area contributed by atoms with E-state index < -0.39 is 5.97 Å². The van der Waals surface area contributed by atoms with Gasteiger partial charge in [-0.25, -0.2) is 9.18 Å². The fourth-order valence-corrected chi connectivity index (χ4v) is 3.13.